The Bertz CT molecular complexity index is 989. The molecule has 27 heavy (non-hydrogen) atoms. The van der Waals surface area contributed by atoms with Crippen LogP contribution in [0.25, 0.3) is 0 Å². The van der Waals surface area contributed by atoms with Gasteiger partial charge < -0.3 is 10.2 Å². The van der Waals surface area contributed by atoms with Crippen LogP contribution in [0.2, 0.25) is 5.02 Å². The summed E-state index contributed by atoms with van der Waals surface area (Å²) in [6.07, 6.45) is 5.59. The number of nitrogens with zero attached hydrogens (tertiary/aromatic N) is 5. The van der Waals surface area contributed by atoms with Gasteiger partial charge in [-0.25, -0.2) is 14.4 Å². The molecule has 1 fully saturated rings. The third-order valence-electron chi connectivity index (χ3n) is 4.95. The van der Waals surface area contributed by atoms with Crippen molar-refractivity contribution in [3.05, 3.63) is 65.5 Å². The minimum Gasteiger partial charge on any atom is -0.358 e. The van der Waals surface area contributed by atoms with Crippen molar-refractivity contribution in [1.29, 1.82) is 0 Å². The number of halogens is 2. The summed E-state index contributed by atoms with van der Waals surface area (Å²) < 4.78 is 14.7. The van der Waals surface area contributed by atoms with Crippen LogP contribution < -0.4 is 15.1 Å². The zero-order chi connectivity index (χ0) is 18.4. The fourth-order valence-corrected chi connectivity index (χ4v) is 3.74. The molecule has 136 valence electrons. The minimum atomic E-state index is -0.531. The molecule has 1 aromatic carbocycles. The second kappa shape index (κ2) is 6.35. The van der Waals surface area contributed by atoms with Gasteiger partial charge in [0.15, 0.2) is 0 Å². The molecule has 0 aliphatic carbocycles. The van der Waals surface area contributed by atoms with Crippen LogP contribution in [0, 0.1) is 5.82 Å². The molecule has 0 spiro atoms. The highest BCUT2D eigenvalue weighted by molar-refractivity contribution is 6.31. The van der Waals surface area contributed by atoms with Crippen LogP contribution in [0.4, 0.5) is 27.4 Å². The maximum Gasteiger partial charge on any atom is 0.140 e. The van der Waals surface area contributed by atoms with Crippen LogP contribution in [-0.2, 0) is 0 Å². The number of aromatic nitrogens is 3. The van der Waals surface area contributed by atoms with Gasteiger partial charge in [0.2, 0.25) is 0 Å². The first-order valence-corrected chi connectivity index (χ1v) is 9.11. The van der Waals surface area contributed by atoms with E-state index < -0.39 is 6.17 Å². The van der Waals surface area contributed by atoms with E-state index in [-0.39, 0.29) is 5.82 Å². The first-order valence-electron chi connectivity index (χ1n) is 8.73. The summed E-state index contributed by atoms with van der Waals surface area (Å²) >= 11 is 6.36. The molecule has 1 N–H and O–H groups in total. The molecule has 1 atom stereocenters. The van der Waals surface area contributed by atoms with Gasteiger partial charge in [-0.15, -0.1) is 0 Å². The highest BCUT2D eigenvalue weighted by atomic mass is 35.5. The highest BCUT2D eigenvalue weighted by Gasteiger charge is 2.35. The van der Waals surface area contributed by atoms with Gasteiger partial charge in [-0.3, -0.25) is 9.88 Å². The lowest BCUT2D eigenvalue weighted by atomic mass is 10.1. The molecule has 6 nitrogen and oxygen atoms in total. The summed E-state index contributed by atoms with van der Waals surface area (Å²) in [5.41, 5.74) is 2.04. The lowest BCUT2D eigenvalue weighted by Crippen LogP contribution is -2.37. The van der Waals surface area contributed by atoms with E-state index >= 15 is 0 Å². The molecule has 2 aliphatic heterocycles. The lowest BCUT2D eigenvalue weighted by molar-refractivity contribution is 0.595. The summed E-state index contributed by atoms with van der Waals surface area (Å²) in [4.78, 5) is 17.1. The van der Waals surface area contributed by atoms with E-state index in [0.29, 0.717) is 16.4 Å². The van der Waals surface area contributed by atoms with Gasteiger partial charge in [0.25, 0.3) is 0 Å². The zero-order valence-electron chi connectivity index (χ0n) is 14.3. The standard InChI is InChI=1S/C19H16ClFN6/c20-12-3-1-4-13(21)18(12)19-25-14-10-22-6-5-15(14)27(19)17-9-16(23-11-24-17)26-7-2-8-26/h1,3-6,9-11,19,25H,2,7-8H2. The normalized spacial score (nSPS) is 18.1. The Labute approximate surface area is 160 Å². The molecule has 2 aliphatic rings. The Morgan fingerprint density at radius 2 is 2.00 bits per heavy atom. The minimum absolute atomic E-state index is 0.357. The van der Waals surface area contributed by atoms with Crippen molar-refractivity contribution in [2.75, 3.05) is 28.2 Å². The average molecular weight is 383 g/mol. The van der Waals surface area contributed by atoms with E-state index in [0.717, 1.165) is 36.7 Å². The SMILES string of the molecule is Fc1cccc(Cl)c1C1Nc2cnccc2N1c1cc(N2CCC2)ncn1. The van der Waals surface area contributed by atoms with Crippen molar-refractivity contribution < 1.29 is 4.39 Å². The number of fused-ring (bicyclic) bond motifs is 1. The second-order valence-electron chi connectivity index (χ2n) is 6.52. The van der Waals surface area contributed by atoms with Crippen molar-refractivity contribution in [2.24, 2.45) is 0 Å². The largest absolute Gasteiger partial charge is 0.358 e. The molecule has 1 saturated heterocycles. The second-order valence-corrected chi connectivity index (χ2v) is 6.93. The molecule has 0 saturated carbocycles. The first-order chi connectivity index (χ1) is 13.2. The highest BCUT2D eigenvalue weighted by Crippen LogP contribution is 2.47. The molecular formula is C19H16ClFN6. The van der Waals surface area contributed by atoms with Crippen LogP contribution in [0.1, 0.15) is 18.2 Å². The van der Waals surface area contributed by atoms with Crippen LogP contribution in [0.15, 0.2) is 49.1 Å². The average Bonchev–Trinajstić information content (AvgIpc) is 2.99. The van der Waals surface area contributed by atoms with Crippen LogP contribution in [-0.4, -0.2) is 28.0 Å². The van der Waals surface area contributed by atoms with E-state index in [1.54, 1.807) is 30.9 Å². The molecule has 1 unspecified atom stereocenters. The third-order valence-corrected chi connectivity index (χ3v) is 5.28. The van der Waals surface area contributed by atoms with E-state index in [9.17, 15) is 4.39 Å². The molecule has 0 bridgehead atoms. The molecule has 3 aromatic rings. The molecule has 0 amide bonds. The molecular weight excluding hydrogens is 367 g/mol. The molecule has 4 heterocycles. The molecule has 5 rings (SSSR count). The summed E-state index contributed by atoms with van der Waals surface area (Å²) in [6.45, 7) is 1.97. The quantitative estimate of drug-likeness (QED) is 0.734. The number of anilines is 4. The number of hydrogen-bond donors (Lipinski definition) is 1. The summed E-state index contributed by atoms with van der Waals surface area (Å²) in [5, 5.41) is 3.68. The topological polar surface area (TPSA) is 57.2 Å². The van der Waals surface area contributed by atoms with Crippen molar-refractivity contribution in [3.8, 4) is 0 Å². The van der Waals surface area contributed by atoms with Gasteiger partial charge in [0, 0.05) is 30.9 Å². The fraction of sp³-hybridized carbons (Fsp3) is 0.211. The monoisotopic (exact) mass is 382 g/mol. The summed E-state index contributed by atoms with van der Waals surface area (Å²) in [7, 11) is 0. The Balaban J connectivity index is 1.64. The summed E-state index contributed by atoms with van der Waals surface area (Å²) in [6, 6.07) is 8.50. The van der Waals surface area contributed by atoms with Crippen molar-refractivity contribution in [2.45, 2.75) is 12.6 Å². The predicted molar refractivity (Wildman–Crippen MR) is 103 cm³/mol. The smallest absolute Gasteiger partial charge is 0.140 e. The summed E-state index contributed by atoms with van der Waals surface area (Å²) in [5.74, 6) is 1.17. The Kier molecular flexibility index (Phi) is 3.82. The number of hydrogen-bond acceptors (Lipinski definition) is 6. The number of rotatable bonds is 3. The van der Waals surface area contributed by atoms with E-state index in [2.05, 4.69) is 25.2 Å². The molecule has 8 heteroatoms. The van der Waals surface area contributed by atoms with Gasteiger partial charge >= 0.3 is 0 Å². The number of benzene rings is 1. The Morgan fingerprint density at radius 1 is 1.15 bits per heavy atom. The van der Waals surface area contributed by atoms with Gasteiger partial charge in [0.1, 0.15) is 29.9 Å². The van der Waals surface area contributed by atoms with Crippen LogP contribution >= 0.6 is 11.6 Å². The third kappa shape index (κ3) is 2.66. The molecule has 0 radical (unpaired) electrons. The van der Waals surface area contributed by atoms with E-state index in [4.69, 9.17) is 11.6 Å². The lowest BCUT2D eigenvalue weighted by Gasteiger charge is -2.33. The predicted octanol–water partition coefficient (Wildman–Crippen LogP) is 4.14. The maximum atomic E-state index is 14.7. The van der Waals surface area contributed by atoms with Crippen molar-refractivity contribution >= 4 is 34.6 Å². The number of nitrogens with one attached hydrogen (secondary N) is 1. The Hall–Kier alpha value is -2.93. The van der Waals surface area contributed by atoms with Crippen molar-refractivity contribution in [3.63, 3.8) is 0 Å². The van der Waals surface area contributed by atoms with Gasteiger partial charge in [-0.05, 0) is 24.6 Å². The maximum absolute atomic E-state index is 14.7. The van der Waals surface area contributed by atoms with Crippen LogP contribution in [0.3, 0.4) is 0 Å². The van der Waals surface area contributed by atoms with Crippen molar-refractivity contribution in [1.82, 2.24) is 15.0 Å². The van der Waals surface area contributed by atoms with Crippen LogP contribution in [0.5, 0.6) is 0 Å². The van der Waals surface area contributed by atoms with Gasteiger partial charge in [-0.1, -0.05) is 17.7 Å². The van der Waals surface area contributed by atoms with Gasteiger partial charge in [-0.2, -0.15) is 0 Å². The number of pyridine rings is 1. The fourth-order valence-electron chi connectivity index (χ4n) is 3.48. The first kappa shape index (κ1) is 16.3. The van der Waals surface area contributed by atoms with Gasteiger partial charge in [0.05, 0.1) is 22.6 Å². The van der Waals surface area contributed by atoms with E-state index in [1.807, 2.05) is 17.0 Å². The Morgan fingerprint density at radius 3 is 2.78 bits per heavy atom. The zero-order valence-corrected chi connectivity index (χ0v) is 15.1. The van der Waals surface area contributed by atoms with E-state index in [1.165, 1.54) is 6.07 Å². The molecule has 2 aromatic heterocycles.